The molecular weight excluding hydrogens is 356 g/mol. The minimum absolute atomic E-state index is 0.150. The first-order valence-electron chi connectivity index (χ1n) is 9.21. The fourth-order valence-electron chi connectivity index (χ4n) is 3.75. The Morgan fingerprint density at radius 1 is 1.15 bits per heavy atom. The van der Waals surface area contributed by atoms with Gasteiger partial charge in [0.2, 0.25) is 6.23 Å². The Morgan fingerprint density at radius 2 is 2.04 bits per heavy atom. The molecule has 0 fully saturated rings. The normalized spacial score (nSPS) is 20.5. The van der Waals surface area contributed by atoms with Gasteiger partial charge >= 0.3 is 0 Å². The van der Waals surface area contributed by atoms with Gasteiger partial charge in [-0.05, 0) is 42.1 Å². The number of rotatable bonds is 4. The van der Waals surface area contributed by atoms with Crippen molar-refractivity contribution >= 4 is 17.0 Å². The Labute approximate surface area is 162 Å². The van der Waals surface area contributed by atoms with E-state index in [0.29, 0.717) is 6.61 Å². The molecule has 0 saturated carbocycles. The molecule has 0 bridgehead atoms. The van der Waals surface area contributed by atoms with Gasteiger partial charge in [-0.3, -0.25) is 0 Å². The van der Waals surface area contributed by atoms with Crippen molar-refractivity contribution in [1.82, 2.24) is 5.01 Å². The van der Waals surface area contributed by atoms with E-state index in [1.807, 2.05) is 25.1 Å². The van der Waals surface area contributed by atoms with Crippen LogP contribution in [0.5, 0.6) is 11.5 Å². The lowest BCUT2D eigenvalue weighted by atomic mass is 9.96. The molecule has 1 aromatic heterocycles. The SMILES string of the molecule is CCOc1ccc2c(c1)[C@H]1CC(c3ccccc3)=NN1[C@@H](c1cccs1)O2. The van der Waals surface area contributed by atoms with E-state index >= 15 is 0 Å². The summed E-state index contributed by atoms with van der Waals surface area (Å²) in [5, 5.41) is 9.18. The highest BCUT2D eigenvalue weighted by atomic mass is 32.1. The minimum Gasteiger partial charge on any atom is -0.494 e. The number of hydrogen-bond donors (Lipinski definition) is 0. The predicted octanol–water partition coefficient (Wildman–Crippen LogP) is 5.39. The second-order valence-electron chi connectivity index (χ2n) is 6.63. The summed E-state index contributed by atoms with van der Waals surface area (Å²) >= 11 is 1.70. The molecule has 0 radical (unpaired) electrons. The summed E-state index contributed by atoms with van der Waals surface area (Å²) < 4.78 is 12.1. The Balaban J connectivity index is 1.58. The number of ether oxygens (including phenoxy) is 2. The van der Waals surface area contributed by atoms with Crippen LogP contribution in [-0.2, 0) is 0 Å². The number of hydrogen-bond acceptors (Lipinski definition) is 5. The number of nitrogens with zero attached hydrogens (tertiary/aromatic N) is 2. The lowest BCUT2D eigenvalue weighted by molar-refractivity contribution is -0.0167. The third kappa shape index (κ3) is 2.88. The van der Waals surface area contributed by atoms with E-state index in [-0.39, 0.29) is 12.3 Å². The van der Waals surface area contributed by atoms with Crippen molar-refractivity contribution in [2.24, 2.45) is 5.10 Å². The van der Waals surface area contributed by atoms with Crippen LogP contribution in [0.4, 0.5) is 0 Å². The van der Waals surface area contributed by atoms with Gasteiger partial charge in [0.15, 0.2) is 0 Å². The molecule has 5 heteroatoms. The zero-order valence-electron chi connectivity index (χ0n) is 15.0. The number of benzene rings is 2. The molecule has 0 spiro atoms. The first-order valence-corrected chi connectivity index (χ1v) is 10.1. The van der Waals surface area contributed by atoms with Gasteiger partial charge in [0.05, 0.1) is 23.2 Å². The van der Waals surface area contributed by atoms with Crippen molar-refractivity contribution < 1.29 is 9.47 Å². The molecule has 0 N–H and O–H groups in total. The number of hydrazone groups is 1. The Kier molecular flexibility index (Phi) is 4.09. The smallest absolute Gasteiger partial charge is 0.222 e. The van der Waals surface area contributed by atoms with Crippen LogP contribution in [0.3, 0.4) is 0 Å². The molecule has 3 heterocycles. The summed E-state index contributed by atoms with van der Waals surface area (Å²) in [7, 11) is 0. The standard InChI is InChI=1S/C22H20N2O2S/c1-2-25-16-10-11-20-17(13-16)19-14-18(15-7-4-3-5-8-15)23-24(19)22(26-20)21-9-6-12-27-21/h3-13,19,22H,2,14H2,1H3/t19-,22-/m1/s1. The van der Waals surface area contributed by atoms with E-state index < -0.39 is 0 Å². The molecule has 3 aromatic rings. The van der Waals surface area contributed by atoms with Gasteiger partial charge in [0.25, 0.3) is 0 Å². The lowest BCUT2D eigenvalue weighted by Gasteiger charge is -2.37. The summed E-state index contributed by atoms with van der Waals surface area (Å²) in [6.07, 6.45) is 0.666. The van der Waals surface area contributed by atoms with Gasteiger partial charge in [-0.15, -0.1) is 11.3 Å². The first-order chi connectivity index (χ1) is 13.3. The average Bonchev–Trinajstić information content (AvgIpc) is 3.39. The Morgan fingerprint density at radius 3 is 2.81 bits per heavy atom. The van der Waals surface area contributed by atoms with Crippen molar-refractivity contribution in [3.05, 3.63) is 82.0 Å². The van der Waals surface area contributed by atoms with Crippen LogP contribution in [0.25, 0.3) is 0 Å². The van der Waals surface area contributed by atoms with Gasteiger partial charge in [0, 0.05) is 12.0 Å². The van der Waals surface area contributed by atoms with Crippen LogP contribution in [0.15, 0.2) is 71.1 Å². The molecule has 0 unspecified atom stereocenters. The van der Waals surface area contributed by atoms with E-state index in [1.165, 1.54) is 5.56 Å². The third-order valence-electron chi connectivity index (χ3n) is 4.97. The summed E-state index contributed by atoms with van der Waals surface area (Å²) in [6.45, 7) is 2.65. The van der Waals surface area contributed by atoms with Gasteiger partial charge in [-0.2, -0.15) is 5.10 Å². The molecule has 136 valence electrons. The molecule has 0 amide bonds. The molecular formula is C22H20N2O2S. The fraction of sp³-hybridized carbons (Fsp3) is 0.227. The zero-order chi connectivity index (χ0) is 18.2. The summed E-state index contributed by atoms with van der Waals surface area (Å²) in [5.41, 5.74) is 3.41. The van der Waals surface area contributed by atoms with E-state index in [1.54, 1.807) is 11.3 Å². The summed E-state index contributed by atoms with van der Waals surface area (Å²) in [4.78, 5) is 1.16. The third-order valence-corrected chi connectivity index (χ3v) is 5.87. The van der Waals surface area contributed by atoms with Crippen molar-refractivity contribution in [1.29, 1.82) is 0 Å². The molecule has 27 heavy (non-hydrogen) atoms. The fourth-order valence-corrected chi connectivity index (χ4v) is 4.49. The lowest BCUT2D eigenvalue weighted by Crippen LogP contribution is -2.33. The van der Waals surface area contributed by atoms with Crippen molar-refractivity contribution in [2.45, 2.75) is 25.6 Å². The maximum absolute atomic E-state index is 6.38. The maximum Gasteiger partial charge on any atom is 0.222 e. The van der Waals surface area contributed by atoms with Crippen molar-refractivity contribution in [3.8, 4) is 11.5 Å². The van der Waals surface area contributed by atoms with E-state index in [2.05, 4.69) is 52.9 Å². The molecule has 2 aromatic carbocycles. The van der Waals surface area contributed by atoms with Crippen LogP contribution in [-0.4, -0.2) is 17.3 Å². The van der Waals surface area contributed by atoms with Crippen LogP contribution in [0, 0.1) is 0 Å². The zero-order valence-corrected chi connectivity index (χ0v) is 15.9. The predicted molar refractivity (Wildman–Crippen MR) is 107 cm³/mol. The molecule has 0 saturated heterocycles. The molecule has 2 aliphatic rings. The second kappa shape index (κ2) is 6.74. The van der Waals surface area contributed by atoms with Crippen molar-refractivity contribution in [3.63, 3.8) is 0 Å². The second-order valence-corrected chi connectivity index (χ2v) is 7.61. The van der Waals surface area contributed by atoms with Crippen LogP contribution >= 0.6 is 11.3 Å². The average molecular weight is 376 g/mol. The molecule has 4 nitrogen and oxygen atoms in total. The monoisotopic (exact) mass is 376 g/mol. The molecule has 0 aliphatic carbocycles. The van der Waals surface area contributed by atoms with Gasteiger partial charge < -0.3 is 9.47 Å². The van der Waals surface area contributed by atoms with Crippen LogP contribution < -0.4 is 9.47 Å². The minimum atomic E-state index is -0.193. The van der Waals surface area contributed by atoms with Gasteiger partial charge in [-0.25, -0.2) is 5.01 Å². The molecule has 5 rings (SSSR count). The quantitative estimate of drug-likeness (QED) is 0.612. The first kappa shape index (κ1) is 16.4. The van der Waals surface area contributed by atoms with Gasteiger partial charge in [0.1, 0.15) is 11.5 Å². The highest BCUT2D eigenvalue weighted by Gasteiger charge is 2.41. The summed E-state index contributed by atoms with van der Waals surface area (Å²) in [5.74, 6) is 1.80. The Hall–Kier alpha value is -2.79. The highest BCUT2D eigenvalue weighted by molar-refractivity contribution is 7.10. The molecule has 2 aliphatic heterocycles. The summed E-state index contributed by atoms with van der Waals surface area (Å²) in [6, 6.07) is 20.8. The van der Waals surface area contributed by atoms with Crippen LogP contribution in [0.2, 0.25) is 0 Å². The highest BCUT2D eigenvalue weighted by Crippen LogP contribution is 2.49. The topological polar surface area (TPSA) is 34.1 Å². The van der Waals surface area contributed by atoms with E-state index in [4.69, 9.17) is 14.6 Å². The van der Waals surface area contributed by atoms with Gasteiger partial charge in [-0.1, -0.05) is 36.4 Å². The van der Waals surface area contributed by atoms with Crippen LogP contribution in [0.1, 0.15) is 41.6 Å². The van der Waals surface area contributed by atoms with E-state index in [9.17, 15) is 0 Å². The van der Waals surface area contributed by atoms with Crippen molar-refractivity contribution in [2.75, 3.05) is 6.61 Å². The van der Waals surface area contributed by atoms with E-state index in [0.717, 1.165) is 34.1 Å². The number of fused-ring (bicyclic) bond motifs is 3. The Bertz CT molecular complexity index is 969. The maximum atomic E-state index is 6.38. The molecule has 2 atom stereocenters. The number of thiophene rings is 1. The largest absolute Gasteiger partial charge is 0.494 e.